The van der Waals surface area contributed by atoms with Gasteiger partial charge >= 0.3 is 6.61 Å². The van der Waals surface area contributed by atoms with Gasteiger partial charge in [-0.3, -0.25) is 4.79 Å². The van der Waals surface area contributed by atoms with Crippen LogP contribution in [0.1, 0.15) is 30.7 Å². The number of rotatable bonds is 5. The minimum absolute atomic E-state index is 0.0182. The molecule has 2 aliphatic carbocycles. The van der Waals surface area contributed by atoms with Crippen LogP contribution in [0.5, 0.6) is 5.75 Å². The lowest BCUT2D eigenvalue weighted by molar-refractivity contribution is -0.123. The number of carbonyl (C=O) groups is 1. The molecule has 2 saturated carbocycles. The molecule has 0 heterocycles. The molecule has 0 saturated heterocycles. The van der Waals surface area contributed by atoms with E-state index < -0.39 is 12.5 Å². The van der Waals surface area contributed by atoms with E-state index in [-0.39, 0.29) is 17.5 Å². The monoisotopic (exact) mass is 291 g/mol. The van der Waals surface area contributed by atoms with Crippen molar-refractivity contribution in [3.8, 4) is 11.8 Å². The molecule has 0 spiro atoms. The number of nitrogens with zero attached hydrogens (tertiary/aromatic N) is 1. The van der Waals surface area contributed by atoms with Crippen molar-refractivity contribution >= 4 is 5.78 Å². The molecule has 110 valence electrons. The third-order valence-corrected chi connectivity index (χ3v) is 4.50. The van der Waals surface area contributed by atoms with Crippen LogP contribution in [0.4, 0.5) is 8.78 Å². The molecular weight excluding hydrogens is 276 g/mol. The van der Waals surface area contributed by atoms with Crippen molar-refractivity contribution in [3.63, 3.8) is 0 Å². The number of benzene rings is 1. The van der Waals surface area contributed by atoms with Crippen LogP contribution in [-0.2, 0) is 4.79 Å². The van der Waals surface area contributed by atoms with Crippen LogP contribution >= 0.6 is 0 Å². The van der Waals surface area contributed by atoms with Crippen molar-refractivity contribution in [2.24, 2.45) is 17.8 Å². The van der Waals surface area contributed by atoms with E-state index >= 15 is 0 Å². The highest BCUT2D eigenvalue weighted by molar-refractivity contribution is 5.90. The maximum Gasteiger partial charge on any atom is 0.387 e. The van der Waals surface area contributed by atoms with Gasteiger partial charge in [0.2, 0.25) is 0 Å². The molecular formula is C16H15F2NO2. The maximum atomic E-state index is 12.4. The Morgan fingerprint density at radius 1 is 1.19 bits per heavy atom. The van der Waals surface area contributed by atoms with Crippen molar-refractivity contribution in [2.45, 2.75) is 31.8 Å². The Hall–Kier alpha value is -1.96. The zero-order valence-electron chi connectivity index (χ0n) is 11.3. The molecule has 2 aliphatic rings. The Balaban J connectivity index is 1.70. The fourth-order valence-corrected chi connectivity index (χ4v) is 3.33. The molecule has 1 aromatic carbocycles. The smallest absolute Gasteiger partial charge is 0.387 e. The van der Waals surface area contributed by atoms with Crippen LogP contribution in [0.25, 0.3) is 0 Å². The summed E-state index contributed by atoms with van der Waals surface area (Å²) >= 11 is 0. The second-order valence-electron chi connectivity index (χ2n) is 5.84. The Morgan fingerprint density at radius 3 is 2.33 bits per heavy atom. The Bertz CT molecular complexity index is 569. The van der Waals surface area contributed by atoms with Gasteiger partial charge in [0.1, 0.15) is 11.7 Å². The van der Waals surface area contributed by atoms with Gasteiger partial charge < -0.3 is 4.74 Å². The number of alkyl halides is 2. The minimum Gasteiger partial charge on any atom is -0.435 e. The van der Waals surface area contributed by atoms with E-state index in [1.54, 1.807) is 0 Å². The molecule has 0 aromatic heterocycles. The number of nitriles is 1. The fraction of sp³-hybridized carbons (Fsp3) is 0.500. The number of halogens is 2. The predicted octanol–water partition coefficient (Wildman–Crippen LogP) is 3.51. The van der Waals surface area contributed by atoms with Gasteiger partial charge in [-0.15, -0.1) is 0 Å². The van der Waals surface area contributed by atoms with Gasteiger partial charge in [0, 0.05) is 5.92 Å². The van der Waals surface area contributed by atoms with Gasteiger partial charge in [-0.1, -0.05) is 12.1 Å². The molecule has 0 N–H and O–H groups in total. The number of hydrogen-bond acceptors (Lipinski definition) is 3. The summed E-state index contributed by atoms with van der Waals surface area (Å²) in [6, 6.07) is 7.81. The lowest BCUT2D eigenvalue weighted by Crippen LogP contribution is -2.20. The molecule has 0 radical (unpaired) electrons. The third-order valence-electron chi connectivity index (χ3n) is 4.50. The lowest BCUT2D eigenvalue weighted by atomic mass is 9.86. The first-order valence-corrected chi connectivity index (χ1v) is 7.06. The molecule has 1 aromatic rings. The van der Waals surface area contributed by atoms with Gasteiger partial charge in [-0.05, 0) is 48.8 Å². The molecule has 0 bridgehead atoms. The molecule has 3 nitrogen and oxygen atoms in total. The van der Waals surface area contributed by atoms with Crippen molar-refractivity contribution in [1.29, 1.82) is 5.26 Å². The average Bonchev–Trinajstić information content (AvgIpc) is 3.07. The molecule has 3 unspecified atom stereocenters. The number of hydrogen-bond donors (Lipinski definition) is 0. The number of ketones is 1. The van der Waals surface area contributed by atoms with Crippen LogP contribution in [0.15, 0.2) is 24.3 Å². The Kier molecular flexibility index (Phi) is 3.62. The lowest BCUT2D eigenvalue weighted by Gasteiger charge is -2.15. The average molecular weight is 291 g/mol. The quantitative estimate of drug-likeness (QED) is 0.834. The largest absolute Gasteiger partial charge is 0.435 e. The van der Waals surface area contributed by atoms with Gasteiger partial charge in [0.25, 0.3) is 0 Å². The van der Waals surface area contributed by atoms with Crippen molar-refractivity contribution in [3.05, 3.63) is 29.8 Å². The standard InChI is InChI=1S/C16H15F2NO2/c17-16(18)21-13-3-1-9(2-4-13)14(8-19)15(20)12-6-10-5-11(10)7-12/h1-4,10-12,14,16H,5-7H2. The molecule has 3 atom stereocenters. The van der Waals surface area contributed by atoms with E-state index in [2.05, 4.69) is 4.74 Å². The molecule has 0 aliphatic heterocycles. The summed E-state index contributed by atoms with van der Waals surface area (Å²) in [7, 11) is 0. The van der Waals surface area contributed by atoms with Gasteiger partial charge in [-0.2, -0.15) is 14.0 Å². The molecule has 2 fully saturated rings. The second-order valence-corrected chi connectivity index (χ2v) is 5.84. The van der Waals surface area contributed by atoms with E-state index in [0.717, 1.165) is 12.8 Å². The van der Waals surface area contributed by atoms with E-state index in [1.165, 1.54) is 30.7 Å². The summed E-state index contributed by atoms with van der Waals surface area (Å²) in [5.74, 6) is 0.524. The topological polar surface area (TPSA) is 50.1 Å². The Morgan fingerprint density at radius 2 is 1.81 bits per heavy atom. The van der Waals surface area contributed by atoms with Crippen molar-refractivity contribution in [2.75, 3.05) is 0 Å². The minimum atomic E-state index is -2.88. The highest BCUT2D eigenvalue weighted by Crippen LogP contribution is 2.55. The molecule has 3 rings (SSSR count). The predicted molar refractivity (Wildman–Crippen MR) is 70.8 cm³/mol. The SMILES string of the molecule is N#CC(C(=O)C1CC2CC2C1)c1ccc(OC(F)F)cc1. The summed E-state index contributed by atoms with van der Waals surface area (Å²) in [4.78, 5) is 12.4. The van der Waals surface area contributed by atoms with Crippen LogP contribution < -0.4 is 4.74 Å². The second kappa shape index (κ2) is 5.44. The first kappa shape index (κ1) is 14.0. The maximum absolute atomic E-state index is 12.4. The number of Topliss-reactive ketones (excluding diaryl/α,β-unsaturated/α-hetero) is 1. The zero-order valence-corrected chi connectivity index (χ0v) is 11.3. The summed E-state index contributed by atoms with van der Waals surface area (Å²) < 4.78 is 28.4. The normalized spacial score (nSPS) is 27.8. The van der Waals surface area contributed by atoms with Crippen molar-refractivity contribution in [1.82, 2.24) is 0 Å². The van der Waals surface area contributed by atoms with Gasteiger partial charge in [0.15, 0.2) is 5.78 Å². The molecule has 5 heteroatoms. The van der Waals surface area contributed by atoms with E-state index in [1.807, 2.05) is 6.07 Å². The third kappa shape index (κ3) is 2.90. The van der Waals surface area contributed by atoms with E-state index in [9.17, 15) is 18.8 Å². The summed E-state index contributed by atoms with van der Waals surface area (Å²) in [5, 5.41) is 9.28. The van der Waals surface area contributed by atoms with Crippen LogP contribution in [0, 0.1) is 29.1 Å². The fourth-order valence-electron chi connectivity index (χ4n) is 3.33. The van der Waals surface area contributed by atoms with E-state index in [0.29, 0.717) is 17.4 Å². The highest BCUT2D eigenvalue weighted by atomic mass is 19.3. The first-order chi connectivity index (χ1) is 10.1. The Labute approximate surface area is 121 Å². The van der Waals surface area contributed by atoms with Crippen LogP contribution in [0.3, 0.4) is 0 Å². The number of ether oxygens (including phenoxy) is 1. The number of fused-ring (bicyclic) bond motifs is 1. The van der Waals surface area contributed by atoms with Gasteiger partial charge in [0.05, 0.1) is 6.07 Å². The summed E-state index contributed by atoms with van der Waals surface area (Å²) in [5.41, 5.74) is 0.546. The molecule has 0 amide bonds. The summed E-state index contributed by atoms with van der Waals surface area (Å²) in [6.07, 6.45) is 3.02. The zero-order chi connectivity index (χ0) is 15.0. The summed E-state index contributed by atoms with van der Waals surface area (Å²) in [6.45, 7) is -2.88. The van der Waals surface area contributed by atoms with E-state index in [4.69, 9.17) is 0 Å². The highest BCUT2D eigenvalue weighted by Gasteiger charge is 2.49. The van der Waals surface area contributed by atoms with Crippen LogP contribution in [0.2, 0.25) is 0 Å². The van der Waals surface area contributed by atoms with Crippen molar-refractivity contribution < 1.29 is 18.3 Å². The number of carbonyl (C=O) groups excluding carboxylic acids is 1. The first-order valence-electron chi connectivity index (χ1n) is 7.06. The molecule has 21 heavy (non-hydrogen) atoms. The van der Waals surface area contributed by atoms with Crippen LogP contribution in [-0.4, -0.2) is 12.4 Å². The van der Waals surface area contributed by atoms with Gasteiger partial charge in [-0.25, -0.2) is 0 Å².